The third-order valence-electron chi connectivity index (χ3n) is 5.69. The summed E-state index contributed by atoms with van der Waals surface area (Å²) in [4.78, 5) is 6.53. The number of methoxy groups -OCH3 is 1. The van der Waals surface area contributed by atoms with Crippen molar-refractivity contribution in [1.82, 2.24) is 9.88 Å². The highest BCUT2D eigenvalue weighted by Crippen LogP contribution is 2.33. The van der Waals surface area contributed by atoms with Crippen LogP contribution in [0.25, 0.3) is 0 Å². The first-order valence-electron chi connectivity index (χ1n) is 10.4. The molecule has 0 saturated carbocycles. The number of aromatic nitrogens is 1. The largest absolute Gasteiger partial charge is 0.495 e. The molecule has 2 aromatic carbocycles. The molecule has 0 amide bonds. The van der Waals surface area contributed by atoms with Crippen molar-refractivity contribution in [3.8, 4) is 11.5 Å². The summed E-state index contributed by atoms with van der Waals surface area (Å²) in [7, 11) is -0.363. The van der Waals surface area contributed by atoms with Gasteiger partial charge in [-0.3, -0.25) is 4.98 Å². The Labute approximate surface area is 191 Å². The summed E-state index contributed by atoms with van der Waals surface area (Å²) in [5, 5.41) is 0. The number of hydrogen-bond donors (Lipinski definition) is 0. The van der Waals surface area contributed by atoms with E-state index in [0.29, 0.717) is 11.4 Å². The topological polar surface area (TPSA) is 68.7 Å². The highest BCUT2D eigenvalue weighted by Gasteiger charge is 2.25. The van der Waals surface area contributed by atoms with Gasteiger partial charge in [-0.2, -0.15) is 0 Å². The molecule has 0 bridgehead atoms. The van der Waals surface area contributed by atoms with Crippen molar-refractivity contribution in [2.24, 2.45) is 0 Å². The average Bonchev–Trinajstić information content (AvgIpc) is 3.00. The van der Waals surface area contributed by atoms with E-state index in [1.807, 2.05) is 13.1 Å². The van der Waals surface area contributed by atoms with Crippen molar-refractivity contribution in [2.75, 3.05) is 27.2 Å². The Morgan fingerprint density at radius 3 is 2.36 bits per heavy atom. The standard InChI is InChI=1S/C24H24F2N2O4S/c1-28-9-7-16-11-23(31-2)24(12-17(16)8-10-28)33(29,30)20-5-3-18(27-14-20)15-32-19-4-6-21(25)22(26)13-19/h3-6,11-14H,7-10,15H2,1-2H3. The average molecular weight is 475 g/mol. The molecule has 0 radical (unpaired) electrons. The molecule has 3 aromatic rings. The summed E-state index contributed by atoms with van der Waals surface area (Å²) < 4.78 is 63.9. The summed E-state index contributed by atoms with van der Waals surface area (Å²) in [6, 6.07) is 9.72. The lowest BCUT2D eigenvalue weighted by Crippen LogP contribution is -2.20. The normalized spacial score (nSPS) is 14.4. The molecule has 1 aromatic heterocycles. The second-order valence-corrected chi connectivity index (χ2v) is 9.85. The van der Waals surface area contributed by atoms with Gasteiger partial charge in [-0.15, -0.1) is 0 Å². The Balaban J connectivity index is 1.56. The highest BCUT2D eigenvalue weighted by atomic mass is 32.2. The fourth-order valence-corrected chi connectivity index (χ4v) is 5.12. The van der Waals surface area contributed by atoms with Crippen molar-refractivity contribution < 1.29 is 26.7 Å². The number of hydrogen-bond acceptors (Lipinski definition) is 6. The maximum absolute atomic E-state index is 13.4. The van der Waals surface area contributed by atoms with E-state index in [4.69, 9.17) is 9.47 Å². The Kier molecular flexibility index (Phi) is 6.62. The molecule has 1 aliphatic rings. The van der Waals surface area contributed by atoms with Crippen LogP contribution in [-0.2, 0) is 29.3 Å². The number of halogens is 2. The summed E-state index contributed by atoms with van der Waals surface area (Å²) in [6.07, 6.45) is 2.85. The summed E-state index contributed by atoms with van der Waals surface area (Å²) >= 11 is 0. The fourth-order valence-electron chi connectivity index (χ4n) is 3.72. The van der Waals surface area contributed by atoms with Crippen molar-refractivity contribution in [3.63, 3.8) is 0 Å². The van der Waals surface area contributed by atoms with Gasteiger partial charge in [0.25, 0.3) is 0 Å². The van der Waals surface area contributed by atoms with E-state index >= 15 is 0 Å². The second kappa shape index (κ2) is 9.44. The van der Waals surface area contributed by atoms with Crippen LogP contribution < -0.4 is 9.47 Å². The van der Waals surface area contributed by atoms with Gasteiger partial charge in [-0.25, -0.2) is 17.2 Å². The minimum atomic E-state index is -3.87. The quantitative estimate of drug-likeness (QED) is 0.541. The number of likely N-dealkylation sites (N-methyl/N-ethyl adjacent to an activating group) is 1. The fraction of sp³-hybridized carbons (Fsp3) is 0.292. The lowest BCUT2D eigenvalue weighted by atomic mass is 10.0. The van der Waals surface area contributed by atoms with Crippen LogP contribution in [0.4, 0.5) is 8.78 Å². The molecule has 9 heteroatoms. The molecule has 0 aliphatic carbocycles. The number of nitrogens with zero attached hydrogens (tertiary/aromatic N) is 2. The predicted molar refractivity (Wildman–Crippen MR) is 118 cm³/mol. The van der Waals surface area contributed by atoms with Crippen LogP contribution in [0.5, 0.6) is 11.5 Å². The van der Waals surface area contributed by atoms with Crippen molar-refractivity contribution in [2.45, 2.75) is 29.2 Å². The first-order chi connectivity index (χ1) is 15.8. The van der Waals surface area contributed by atoms with Crippen LogP contribution in [0, 0.1) is 11.6 Å². The molecule has 0 unspecified atom stereocenters. The zero-order chi connectivity index (χ0) is 23.6. The van der Waals surface area contributed by atoms with E-state index < -0.39 is 21.5 Å². The highest BCUT2D eigenvalue weighted by molar-refractivity contribution is 7.91. The predicted octanol–water partition coefficient (Wildman–Crippen LogP) is 3.81. The van der Waals surface area contributed by atoms with E-state index in [1.165, 1.54) is 31.5 Å². The van der Waals surface area contributed by atoms with Gasteiger partial charge in [0.1, 0.15) is 23.0 Å². The third-order valence-corrected chi connectivity index (χ3v) is 7.45. The molecular formula is C24H24F2N2O4S. The van der Waals surface area contributed by atoms with Crippen LogP contribution >= 0.6 is 0 Å². The number of rotatable bonds is 6. The van der Waals surface area contributed by atoms with Crippen LogP contribution in [-0.4, -0.2) is 45.5 Å². The zero-order valence-electron chi connectivity index (χ0n) is 18.3. The van der Waals surface area contributed by atoms with E-state index in [-0.39, 0.29) is 22.1 Å². The lowest BCUT2D eigenvalue weighted by molar-refractivity contribution is 0.298. The smallest absolute Gasteiger partial charge is 0.211 e. The van der Waals surface area contributed by atoms with Gasteiger partial charge in [-0.1, -0.05) is 0 Å². The van der Waals surface area contributed by atoms with E-state index in [1.54, 1.807) is 6.07 Å². The molecule has 33 heavy (non-hydrogen) atoms. The summed E-state index contributed by atoms with van der Waals surface area (Å²) in [5.41, 5.74) is 2.54. The van der Waals surface area contributed by atoms with Gasteiger partial charge in [0.05, 0.1) is 17.7 Å². The molecule has 6 nitrogen and oxygen atoms in total. The number of ether oxygens (including phenoxy) is 2. The van der Waals surface area contributed by atoms with E-state index in [9.17, 15) is 17.2 Å². The minimum absolute atomic E-state index is 0.0267. The number of sulfone groups is 1. The van der Waals surface area contributed by atoms with Crippen LogP contribution in [0.15, 0.2) is 58.5 Å². The first-order valence-corrected chi connectivity index (χ1v) is 11.9. The maximum atomic E-state index is 13.4. The maximum Gasteiger partial charge on any atom is 0.211 e. The van der Waals surface area contributed by atoms with Gasteiger partial charge in [-0.05, 0) is 67.4 Å². The minimum Gasteiger partial charge on any atom is -0.495 e. The SMILES string of the molecule is COc1cc2c(cc1S(=O)(=O)c1ccc(COc3ccc(F)c(F)c3)nc1)CCN(C)CC2. The van der Waals surface area contributed by atoms with Crippen molar-refractivity contribution >= 4 is 9.84 Å². The Bertz CT molecular complexity index is 1260. The summed E-state index contributed by atoms with van der Waals surface area (Å²) in [6.45, 7) is 1.73. The molecule has 0 atom stereocenters. The molecule has 1 aliphatic heterocycles. The van der Waals surface area contributed by atoms with E-state index in [2.05, 4.69) is 9.88 Å². The van der Waals surface area contributed by atoms with Gasteiger partial charge < -0.3 is 14.4 Å². The Morgan fingerprint density at radius 1 is 1.00 bits per heavy atom. The van der Waals surface area contributed by atoms with Gasteiger partial charge in [0.2, 0.25) is 9.84 Å². The van der Waals surface area contributed by atoms with Gasteiger partial charge in [0, 0.05) is 25.4 Å². The Hall–Kier alpha value is -3.04. The van der Waals surface area contributed by atoms with Crippen molar-refractivity contribution in [1.29, 1.82) is 0 Å². The van der Waals surface area contributed by atoms with Crippen molar-refractivity contribution in [3.05, 3.63) is 77.1 Å². The molecular weight excluding hydrogens is 450 g/mol. The molecule has 0 spiro atoms. The molecule has 2 heterocycles. The van der Waals surface area contributed by atoms with Crippen LogP contribution in [0.3, 0.4) is 0 Å². The Morgan fingerprint density at radius 2 is 1.73 bits per heavy atom. The number of pyridine rings is 1. The summed E-state index contributed by atoms with van der Waals surface area (Å²) in [5.74, 6) is -1.52. The number of benzene rings is 2. The second-order valence-electron chi connectivity index (χ2n) is 7.93. The van der Waals surface area contributed by atoms with Crippen LogP contribution in [0.2, 0.25) is 0 Å². The molecule has 0 N–H and O–H groups in total. The molecule has 4 rings (SSSR count). The van der Waals surface area contributed by atoms with E-state index in [0.717, 1.165) is 49.2 Å². The monoisotopic (exact) mass is 474 g/mol. The molecule has 0 fully saturated rings. The first kappa shape index (κ1) is 23.1. The van der Waals surface area contributed by atoms with Crippen LogP contribution in [0.1, 0.15) is 16.8 Å². The lowest BCUT2D eigenvalue weighted by Gasteiger charge is -2.14. The molecule has 0 saturated heterocycles. The van der Waals surface area contributed by atoms with Gasteiger partial charge >= 0.3 is 0 Å². The van der Waals surface area contributed by atoms with Gasteiger partial charge in [0.15, 0.2) is 11.6 Å². The third kappa shape index (κ3) is 4.99. The zero-order valence-corrected chi connectivity index (χ0v) is 19.2. The molecule has 174 valence electrons. The number of fused-ring (bicyclic) bond motifs is 1.